The Morgan fingerprint density at radius 1 is 1.60 bits per heavy atom. The summed E-state index contributed by atoms with van der Waals surface area (Å²) < 4.78 is 0. The van der Waals surface area contributed by atoms with Crippen LogP contribution in [0.5, 0.6) is 0 Å². The van der Waals surface area contributed by atoms with Gasteiger partial charge in [0.25, 0.3) is 5.69 Å². The fourth-order valence-electron chi connectivity index (χ4n) is 2.38. The number of amides is 1. The molecular formula is C13H14N4O3. The molecule has 1 atom stereocenters. The lowest BCUT2D eigenvalue weighted by Gasteiger charge is -2.36. The molecule has 7 nitrogen and oxygen atoms in total. The number of nitro groups is 1. The van der Waals surface area contributed by atoms with Crippen LogP contribution in [0.4, 0.5) is 11.4 Å². The first-order valence-electron chi connectivity index (χ1n) is 6.31. The van der Waals surface area contributed by atoms with E-state index < -0.39 is 4.92 Å². The normalized spacial score (nSPS) is 18.3. The maximum atomic E-state index is 11.8. The van der Waals surface area contributed by atoms with Crippen LogP contribution < -0.4 is 10.2 Å². The van der Waals surface area contributed by atoms with Crippen LogP contribution in [0.2, 0.25) is 0 Å². The monoisotopic (exact) mass is 274 g/mol. The van der Waals surface area contributed by atoms with Gasteiger partial charge in [-0.1, -0.05) is 6.92 Å². The molecule has 0 radical (unpaired) electrons. The van der Waals surface area contributed by atoms with Crippen LogP contribution in [-0.2, 0) is 4.79 Å². The summed E-state index contributed by atoms with van der Waals surface area (Å²) in [6.45, 7) is 3.04. The number of nitriles is 1. The van der Waals surface area contributed by atoms with Crippen LogP contribution in [0.15, 0.2) is 18.2 Å². The Bertz CT molecular complexity index is 594. The minimum Gasteiger partial charge on any atom is -0.358 e. The van der Waals surface area contributed by atoms with Crippen molar-refractivity contribution in [3.8, 4) is 6.07 Å². The first-order valence-corrected chi connectivity index (χ1v) is 6.31. The van der Waals surface area contributed by atoms with Crippen molar-refractivity contribution >= 4 is 17.3 Å². The highest BCUT2D eigenvalue weighted by Crippen LogP contribution is 2.27. The summed E-state index contributed by atoms with van der Waals surface area (Å²) >= 11 is 0. The lowest BCUT2D eigenvalue weighted by atomic mass is 10.1. The molecule has 1 unspecified atom stereocenters. The number of anilines is 1. The third kappa shape index (κ3) is 2.40. The first-order chi connectivity index (χ1) is 9.58. The van der Waals surface area contributed by atoms with E-state index in [4.69, 9.17) is 5.26 Å². The van der Waals surface area contributed by atoms with Gasteiger partial charge in [-0.2, -0.15) is 5.26 Å². The van der Waals surface area contributed by atoms with Crippen LogP contribution in [0.25, 0.3) is 0 Å². The van der Waals surface area contributed by atoms with Gasteiger partial charge in [-0.25, -0.2) is 0 Å². The number of rotatable bonds is 3. The zero-order valence-electron chi connectivity index (χ0n) is 11.0. The summed E-state index contributed by atoms with van der Waals surface area (Å²) in [4.78, 5) is 23.9. The second kappa shape index (κ2) is 5.57. The predicted octanol–water partition coefficient (Wildman–Crippen LogP) is 1.18. The van der Waals surface area contributed by atoms with E-state index in [-0.39, 0.29) is 23.2 Å². The van der Waals surface area contributed by atoms with Crippen molar-refractivity contribution < 1.29 is 9.72 Å². The number of carbonyl (C=O) groups is 1. The highest BCUT2D eigenvalue weighted by atomic mass is 16.6. The standard InChI is InChI=1S/C13H14N4O3/c1-2-11-13(18)15-5-6-16(11)10-3-4-12(17(19)20)9(7-10)8-14/h3-4,7,11H,2,5-6H2,1H3,(H,15,18). The smallest absolute Gasteiger partial charge is 0.287 e. The maximum absolute atomic E-state index is 11.8. The molecule has 7 heteroatoms. The Morgan fingerprint density at radius 2 is 2.35 bits per heavy atom. The van der Waals surface area contributed by atoms with E-state index in [1.807, 2.05) is 17.9 Å². The molecule has 1 heterocycles. The molecule has 2 rings (SSSR count). The zero-order chi connectivity index (χ0) is 14.7. The van der Waals surface area contributed by atoms with Crippen LogP contribution in [0, 0.1) is 21.4 Å². The van der Waals surface area contributed by atoms with Crippen LogP contribution >= 0.6 is 0 Å². The Labute approximate surface area is 115 Å². The Kier molecular flexibility index (Phi) is 3.84. The van der Waals surface area contributed by atoms with Crippen LogP contribution in [0.3, 0.4) is 0 Å². The number of hydrogen-bond donors (Lipinski definition) is 1. The van der Waals surface area contributed by atoms with Crippen molar-refractivity contribution in [1.29, 1.82) is 5.26 Å². The Hall–Kier alpha value is -2.62. The Morgan fingerprint density at radius 3 is 2.95 bits per heavy atom. The van der Waals surface area contributed by atoms with Gasteiger partial charge in [0.15, 0.2) is 0 Å². The third-order valence-electron chi connectivity index (χ3n) is 3.35. The summed E-state index contributed by atoms with van der Waals surface area (Å²) in [7, 11) is 0. The predicted molar refractivity (Wildman–Crippen MR) is 72.2 cm³/mol. The van der Waals surface area contributed by atoms with E-state index in [9.17, 15) is 14.9 Å². The molecule has 0 spiro atoms. The number of nitro benzene ring substituents is 1. The molecular weight excluding hydrogens is 260 g/mol. The van der Waals surface area contributed by atoms with Gasteiger partial charge in [-0.15, -0.1) is 0 Å². The van der Waals surface area contributed by atoms with E-state index in [2.05, 4.69) is 5.32 Å². The van der Waals surface area contributed by atoms with Gasteiger partial charge in [0.2, 0.25) is 5.91 Å². The topological polar surface area (TPSA) is 99.3 Å². The van der Waals surface area contributed by atoms with Gasteiger partial charge in [0.1, 0.15) is 17.7 Å². The summed E-state index contributed by atoms with van der Waals surface area (Å²) in [5, 5.41) is 22.6. The summed E-state index contributed by atoms with van der Waals surface area (Å²) in [6.07, 6.45) is 0.630. The molecule has 1 aliphatic heterocycles. The largest absolute Gasteiger partial charge is 0.358 e. The van der Waals surface area contributed by atoms with E-state index in [0.717, 1.165) is 0 Å². The lowest BCUT2D eigenvalue weighted by molar-refractivity contribution is -0.385. The van der Waals surface area contributed by atoms with E-state index >= 15 is 0 Å². The van der Waals surface area contributed by atoms with Gasteiger partial charge in [-0.05, 0) is 18.6 Å². The van der Waals surface area contributed by atoms with E-state index in [1.54, 1.807) is 6.07 Å². The summed E-state index contributed by atoms with van der Waals surface area (Å²) in [6, 6.07) is 5.89. The van der Waals surface area contributed by atoms with Gasteiger partial charge in [0, 0.05) is 24.8 Å². The zero-order valence-corrected chi connectivity index (χ0v) is 11.0. The van der Waals surface area contributed by atoms with Crippen molar-refractivity contribution in [1.82, 2.24) is 5.32 Å². The first kappa shape index (κ1) is 13.8. The second-order valence-electron chi connectivity index (χ2n) is 4.48. The highest BCUT2D eigenvalue weighted by molar-refractivity contribution is 5.86. The fourth-order valence-corrected chi connectivity index (χ4v) is 2.38. The summed E-state index contributed by atoms with van der Waals surface area (Å²) in [5.41, 5.74) is 0.452. The second-order valence-corrected chi connectivity index (χ2v) is 4.48. The number of carbonyl (C=O) groups excluding carboxylic acids is 1. The molecule has 1 aliphatic rings. The van der Waals surface area contributed by atoms with Crippen molar-refractivity contribution in [2.45, 2.75) is 19.4 Å². The molecule has 0 aromatic heterocycles. The molecule has 20 heavy (non-hydrogen) atoms. The van der Waals surface area contributed by atoms with Gasteiger partial charge in [0.05, 0.1) is 4.92 Å². The molecule has 104 valence electrons. The minimum absolute atomic E-state index is 0.00772. The molecule has 1 fully saturated rings. The van der Waals surface area contributed by atoms with Crippen molar-refractivity contribution in [2.75, 3.05) is 18.0 Å². The minimum atomic E-state index is -0.581. The lowest BCUT2D eigenvalue weighted by Crippen LogP contribution is -2.55. The summed E-state index contributed by atoms with van der Waals surface area (Å²) in [5.74, 6) is -0.0596. The third-order valence-corrected chi connectivity index (χ3v) is 3.35. The molecule has 1 aromatic rings. The van der Waals surface area contributed by atoms with Crippen LogP contribution in [0.1, 0.15) is 18.9 Å². The van der Waals surface area contributed by atoms with Gasteiger partial charge < -0.3 is 10.2 Å². The SMILES string of the molecule is CCC1C(=O)NCCN1c1ccc([N+](=O)[O-])c(C#N)c1. The number of piperazine rings is 1. The van der Waals surface area contributed by atoms with Crippen molar-refractivity contribution in [2.24, 2.45) is 0 Å². The van der Waals surface area contributed by atoms with E-state index in [1.165, 1.54) is 12.1 Å². The molecule has 1 amide bonds. The molecule has 1 saturated heterocycles. The number of benzene rings is 1. The Balaban J connectivity index is 2.40. The van der Waals surface area contributed by atoms with Crippen molar-refractivity contribution in [3.05, 3.63) is 33.9 Å². The highest BCUT2D eigenvalue weighted by Gasteiger charge is 2.29. The van der Waals surface area contributed by atoms with Crippen molar-refractivity contribution in [3.63, 3.8) is 0 Å². The molecule has 0 aliphatic carbocycles. The molecule has 1 aromatic carbocycles. The number of nitrogens with one attached hydrogen (secondary N) is 1. The maximum Gasteiger partial charge on any atom is 0.287 e. The van der Waals surface area contributed by atoms with Gasteiger partial charge in [-0.3, -0.25) is 14.9 Å². The number of nitrogens with zero attached hydrogens (tertiary/aromatic N) is 3. The number of hydrogen-bond acceptors (Lipinski definition) is 5. The van der Waals surface area contributed by atoms with Gasteiger partial charge >= 0.3 is 0 Å². The molecule has 0 bridgehead atoms. The van der Waals surface area contributed by atoms with Crippen LogP contribution in [-0.4, -0.2) is 30.0 Å². The average Bonchev–Trinajstić information content (AvgIpc) is 2.46. The molecule has 0 saturated carbocycles. The average molecular weight is 274 g/mol. The van der Waals surface area contributed by atoms with E-state index in [0.29, 0.717) is 25.2 Å². The molecule has 1 N–H and O–H groups in total. The fraction of sp³-hybridized carbons (Fsp3) is 0.385. The quantitative estimate of drug-likeness (QED) is 0.659.